The maximum absolute atomic E-state index is 12.5. The van der Waals surface area contributed by atoms with E-state index in [1.54, 1.807) is 0 Å². The molecule has 9 heteroatoms. The maximum atomic E-state index is 12.5. The summed E-state index contributed by atoms with van der Waals surface area (Å²) in [6, 6.07) is 0. The van der Waals surface area contributed by atoms with Gasteiger partial charge in [-0.3, -0.25) is 9.25 Å². The molecule has 1 fully saturated rings. The zero-order chi connectivity index (χ0) is 15.2. The molecule has 0 aliphatic carbocycles. The summed E-state index contributed by atoms with van der Waals surface area (Å²) in [6.07, 6.45) is -3.30. The van der Waals surface area contributed by atoms with Crippen molar-refractivity contribution < 1.29 is 26.8 Å². The van der Waals surface area contributed by atoms with E-state index in [1.165, 1.54) is 6.92 Å². The molecule has 5 nitrogen and oxygen atoms in total. The van der Waals surface area contributed by atoms with Gasteiger partial charge in [0.2, 0.25) is 0 Å². The van der Waals surface area contributed by atoms with Crippen molar-refractivity contribution in [1.82, 2.24) is 9.78 Å². The molecule has 1 aromatic rings. The molecule has 2 rings (SSSR count). The minimum atomic E-state index is -4.39. The van der Waals surface area contributed by atoms with E-state index in [0.29, 0.717) is 4.68 Å². The largest absolute Gasteiger partial charge is 0.408 e. The van der Waals surface area contributed by atoms with Crippen LogP contribution in [-0.2, 0) is 20.2 Å². The Labute approximate surface area is 114 Å². The Hall–Kier alpha value is -0.850. The van der Waals surface area contributed by atoms with E-state index >= 15 is 0 Å². The van der Waals surface area contributed by atoms with Gasteiger partial charge in [-0.15, -0.1) is 0 Å². The first-order chi connectivity index (χ1) is 9.01. The van der Waals surface area contributed by atoms with Crippen LogP contribution in [0.1, 0.15) is 19.5 Å². The van der Waals surface area contributed by atoms with Crippen LogP contribution in [0.15, 0.2) is 6.20 Å². The first-order valence-corrected chi connectivity index (χ1v) is 7.56. The van der Waals surface area contributed by atoms with Gasteiger partial charge >= 0.3 is 13.8 Å². The van der Waals surface area contributed by atoms with Gasteiger partial charge in [0.25, 0.3) is 0 Å². The van der Waals surface area contributed by atoms with E-state index in [1.807, 2.05) is 13.8 Å². The Balaban J connectivity index is 2.23. The molecule has 114 valence electrons. The van der Waals surface area contributed by atoms with E-state index < -0.39 is 20.3 Å². The smallest absolute Gasteiger partial charge is 0.304 e. The molecule has 1 saturated heterocycles. The maximum Gasteiger partial charge on any atom is 0.408 e. The third-order valence-corrected chi connectivity index (χ3v) is 4.77. The first-order valence-electron chi connectivity index (χ1n) is 6.01. The molecule has 0 N–H and O–H groups in total. The van der Waals surface area contributed by atoms with Gasteiger partial charge in [-0.05, 0) is 6.92 Å². The molecule has 2 heterocycles. The van der Waals surface area contributed by atoms with E-state index in [4.69, 9.17) is 9.05 Å². The number of aryl methyl sites for hydroxylation is 1. The summed E-state index contributed by atoms with van der Waals surface area (Å²) in [5.41, 5.74) is -0.0543. The van der Waals surface area contributed by atoms with Gasteiger partial charge in [-0.1, -0.05) is 13.8 Å². The fourth-order valence-corrected chi connectivity index (χ4v) is 3.89. The number of alkyl halides is 3. The highest BCUT2D eigenvalue weighted by Gasteiger charge is 2.40. The normalized spacial score (nSPS) is 21.9. The second kappa shape index (κ2) is 4.86. The molecule has 0 unspecified atom stereocenters. The molecule has 0 radical (unpaired) electrons. The average molecular weight is 312 g/mol. The fraction of sp³-hybridized carbons (Fsp3) is 0.727. The number of hydrogen-bond donors (Lipinski definition) is 0. The van der Waals surface area contributed by atoms with Gasteiger partial charge in [0.15, 0.2) is 0 Å². The molecule has 0 amide bonds. The summed E-state index contributed by atoms with van der Waals surface area (Å²) in [4.78, 5) is 0. The number of rotatable bonds is 2. The minimum Gasteiger partial charge on any atom is -0.304 e. The number of hydrogen-bond acceptors (Lipinski definition) is 4. The molecule has 0 bridgehead atoms. The minimum absolute atomic E-state index is 0.0947. The highest BCUT2D eigenvalue weighted by atomic mass is 31.2. The first kappa shape index (κ1) is 15.5. The van der Waals surface area contributed by atoms with E-state index in [9.17, 15) is 17.7 Å². The van der Waals surface area contributed by atoms with Crippen molar-refractivity contribution in [2.24, 2.45) is 5.41 Å². The lowest BCUT2D eigenvalue weighted by Gasteiger charge is -2.33. The van der Waals surface area contributed by atoms with Crippen molar-refractivity contribution in [3.05, 3.63) is 11.9 Å². The standard InChI is InChI=1S/C11H16F3N2O3P/c1-8-9(4-16(15-8)5-11(12,13)14)20(17)18-6-10(2,3)7-19-20/h4H,5-7H2,1-3H3. The zero-order valence-electron chi connectivity index (χ0n) is 11.4. The highest BCUT2D eigenvalue weighted by molar-refractivity contribution is 7.62. The van der Waals surface area contributed by atoms with Crippen LogP contribution in [0.4, 0.5) is 13.2 Å². The molecular weight excluding hydrogens is 296 g/mol. The predicted molar refractivity (Wildman–Crippen MR) is 65.9 cm³/mol. The van der Waals surface area contributed by atoms with Crippen LogP contribution in [0.3, 0.4) is 0 Å². The van der Waals surface area contributed by atoms with Gasteiger partial charge in [-0.25, -0.2) is 0 Å². The van der Waals surface area contributed by atoms with Crippen molar-refractivity contribution in [3.63, 3.8) is 0 Å². The van der Waals surface area contributed by atoms with Gasteiger partial charge in [0, 0.05) is 11.6 Å². The van der Waals surface area contributed by atoms with Crippen LogP contribution in [0.25, 0.3) is 0 Å². The van der Waals surface area contributed by atoms with Crippen LogP contribution in [0.5, 0.6) is 0 Å². The summed E-state index contributed by atoms with van der Waals surface area (Å²) in [6.45, 7) is 4.45. The third-order valence-electron chi connectivity index (χ3n) is 2.81. The van der Waals surface area contributed by atoms with Crippen molar-refractivity contribution in [3.8, 4) is 0 Å². The summed E-state index contributed by atoms with van der Waals surface area (Å²) in [5, 5.41) is 3.81. The Morgan fingerprint density at radius 2 is 1.95 bits per heavy atom. The molecule has 0 saturated carbocycles. The van der Waals surface area contributed by atoms with Crippen molar-refractivity contribution in [2.75, 3.05) is 13.2 Å². The SMILES string of the molecule is Cc1nn(CC(F)(F)F)cc1P1(=O)OCC(C)(C)CO1. The lowest BCUT2D eigenvalue weighted by molar-refractivity contribution is -0.142. The highest BCUT2D eigenvalue weighted by Crippen LogP contribution is 2.53. The summed E-state index contributed by atoms with van der Waals surface area (Å²) in [5.74, 6) is 0. The van der Waals surface area contributed by atoms with Crippen LogP contribution < -0.4 is 5.30 Å². The lowest BCUT2D eigenvalue weighted by Crippen LogP contribution is -2.32. The van der Waals surface area contributed by atoms with Gasteiger partial charge in [0.05, 0.1) is 18.9 Å². The van der Waals surface area contributed by atoms with Gasteiger partial charge in [0.1, 0.15) is 11.8 Å². The lowest BCUT2D eigenvalue weighted by atomic mass is 9.97. The summed E-state index contributed by atoms with van der Waals surface area (Å²) in [7, 11) is -3.58. The number of halogens is 3. The zero-order valence-corrected chi connectivity index (χ0v) is 12.3. The molecule has 20 heavy (non-hydrogen) atoms. The van der Waals surface area contributed by atoms with Crippen LogP contribution in [0, 0.1) is 12.3 Å². The predicted octanol–water partition coefficient (Wildman–Crippen LogP) is 2.65. The quantitative estimate of drug-likeness (QED) is 0.788. The topological polar surface area (TPSA) is 53.4 Å². The number of nitrogens with zero attached hydrogens (tertiary/aromatic N) is 2. The van der Waals surface area contributed by atoms with E-state index in [0.717, 1.165) is 6.20 Å². The Morgan fingerprint density at radius 3 is 2.45 bits per heavy atom. The second-order valence-corrected chi connectivity index (χ2v) is 7.61. The molecule has 1 aliphatic heterocycles. The Morgan fingerprint density at radius 1 is 1.40 bits per heavy atom. The van der Waals surface area contributed by atoms with Crippen LogP contribution in [0.2, 0.25) is 0 Å². The Kier molecular flexibility index (Phi) is 3.77. The van der Waals surface area contributed by atoms with E-state index in [2.05, 4.69) is 5.10 Å². The average Bonchev–Trinajstić information content (AvgIpc) is 2.62. The monoisotopic (exact) mass is 312 g/mol. The van der Waals surface area contributed by atoms with Gasteiger partial charge < -0.3 is 9.05 Å². The van der Waals surface area contributed by atoms with Gasteiger partial charge in [-0.2, -0.15) is 18.3 Å². The van der Waals surface area contributed by atoms with Crippen LogP contribution >= 0.6 is 7.60 Å². The van der Waals surface area contributed by atoms with Crippen molar-refractivity contribution in [1.29, 1.82) is 0 Å². The molecule has 0 atom stereocenters. The molecular formula is C11H16F3N2O3P. The Bertz CT molecular complexity index is 540. The molecule has 0 spiro atoms. The fourth-order valence-electron chi connectivity index (χ4n) is 1.78. The third kappa shape index (κ3) is 3.42. The van der Waals surface area contributed by atoms with Crippen molar-refractivity contribution in [2.45, 2.75) is 33.5 Å². The van der Waals surface area contributed by atoms with Crippen molar-refractivity contribution >= 4 is 12.9 Å². The summed E-state index contributed by atoms with van der Waals surface area (Å²) >= 11 is 0. The molecule has 1 aliphatic rings. The van der Waals surface area contributed by atoms with Crippen LogP contribution in [-0.4, -0.2) is 29.2 Å². The summed E-state index contributed by atoms with van der Waals surface area (Å²) < 4.78 is 60.8. The van der Waals surface area contributed by atoms with E-state index in [-0.39, 0.29) is 29.6 Å². The molecule has 0 aromatic carbocycles. The number of aromatic nitrogens is 2. The second-order valence-electron chi connectivity index (χ2n) is 5.62. The molecule has 1 aromatic heterocycles.